The summed E-state index contributed by atoms with van der Waals surface area (Å²) in [5, 5.41) is 7.71. The molecule has 0 unspecified atom stereocenters. The molecule has 0 amide bonds. The van der Waals surface area contributed by atoms with Crippen molar-refractivity contribution < 1.29 is 0 Å². The molecule has 0 saturated heterocycles. The summed E-state index contributed by atoms with van der Waals surface area (Å²) in [5.41, 5.74) is 5.26. The van der Waals surface area contributed by atoms with E-state index in [2.05, 4.69) is 4.98 Å². The van der Waals surface area contributed by atoms with Crippen LogP contribution in [0.15, 0.2) is 18.3 Å². The number of anilines is 1. The van der Waals surface area contributed by atoms with Crippen LogP contribution >= 0.6 is 11.6 Å². The van der Waals surface area contributed by atoms with Crippen molar-refractivity contribution in [2.24, 2.45) is 5.73 Å². The normalized spacial score (nSPS) is 9.86. The number of hydrogen-bond acceptors (Lipinski definition) is 3. The van der Waals surface area contributed by atoms with Gasteiger partial charge in [0.25, 0.3) is 0 Å². The van der Waals surface area contributed by atoms with Crippen LogP contribution in [-0.4, -0.2) is 24.4 Å². The molecule has 76 valence electrons. The molecule has 4 nitrogen and oxygen atoms in total. The van der Waals surface area contributed by atoms with E-state index in [1.165, 1.54) is 0 Å². The Bertz CT molecular complexity index is 309. The molecule has 14 heavy (non-hydrogen) atoms. The average molecular weight is 213 g/mol. The van der Waals surface area contributed by atoms with E-state index in [0.29, 0.717) is 18.0 Å². The summed E-state index contributed by atoms with van der Waals surface area (Å²) in [4.78, 5) is 6.07. The lowest BCUT2D eigenvalue weighted by Crippen LogP contribution is -2.24. The molecule has 0 radical (unpaired) electrons. The van der Waals surface area contributed by atoms with Crippen LogP contribution < -0.4 is 10.6 Å². The van der Waals surface area contributed by atoms with Gasteiger partial charge in [0.15, 0.2) is 0 Å². The summed E-state index contributed by atoms with van der Waals surface area (Å²) in [6, 6.07) is 3.62. The molecular weight excluding hydrogens is 200 g/mol. The number of nitrogens with one attached hydrogen (secondary N) is 1. The highest BCUT2D eigenvalue weighted by Crippen LogP contribution is 2.12. The highest BCUT2D eigenvalue weighted by Gasteiger charge is 2.02. The van der Waals surface area contributed by atoms with E-state index in [1.807, 2.05) is 18.0 Å². The molecule has 0 aromatic carbocycles. The zero-order valence-electron chi connectivity index (χ0n) is 8.00. The van der Waals surface area contributed by atoms with Crippen LogP contribution in [-0.2, 0) is 0 Å². The van der Waals surface area contributed by atoms with Crippen LogP contribution in [0.4, 0.5) is 5.82 Å². The lowest BCUT2D eigenvalue weighted by atomic mass is 10.3. The zero-order valence-corrected chi connectivity index (χ0v) is 8.75. The van der Waals surface area contributed by atoms with Gasteiger partial charge in [-0.2, -0.15) is 0 Å². The van der Waals surface area contributed by atoms with Gasteiger partial charge in [0, 0.05) is 26.2 Å². The molecular formula is C9H13ClN4. The van der Waals surface area contributed by atoms with Crippen LogP contribution in [0.25, 0.3) is 0 Å². The second kappa shape index (κ2) is 4.81. The fraction of sp³-hybridized carbons (Fsp3) is 0.333. The van der Waals surface area contributed by atoms with Crippen LogP contribution in [0.2, 0.25) is 5.02 Å². The fourth-order valence-electron chi connectivity index (χ4n) is 0.997. The Labute approximate surface area is 88.2 Å². The van der Waals surface area contributed by atoms with E-state index < -0.39 is 0 Å². The van der Waals surface area contributed by atoms with Crippen molar-refractivity contribution in [1.82, 2.24) is 4.98 Å². The number of halogens is 1. The number of hydrogen-bond donors (Lipinski definition) is 2. The molecule has 1 aromatic rings. The lowest BCUT2D eigenvalue weighted by Gasteiger charge is -2.17. The highest BCUT2D eigenvalue weighted by atomic mass is 35.5. The maximum absolute atomic E-state index is 7.09. The Hall–Kier alpha value is -1.29. The predicted molar refractivity (Wildman–Crippen MR) is 59.0 cm³/mol. The minimum absolute atomic E-state index is 0.186. The van der Waals surface area contributed by atoms with Crippen molar-refractivity contribution in [1.29, 1.82) is 5.41 Å². The van der Waals surface area contributed by atoms with Gasteiger partial charge in [-0.05, 0) is 12.1 Å². The first-order valence-corrected chi connectivity index (χ1v) is 4.63. The molecule has 5 heteroatoms. The monoisotopic (exact) mass is 212 g/mol. The van der Waals surface area contributed by atoms with Gasteiger partial charge in [-0.25, -0.2) is 4.98 Å². The molecule has 0 fully saturated rings. The Morgan fingerprint density at radius 1 is 1.64 bits per heavy atom. The maximum Gasteiger partial charge on any atom is 0.128 e. The van der Waals surface area contributed by atoms with E-state index in [1.54, 1.807) is 12.3 Å². The van der Waals surface area contributed by atoms with Gasteiger partial charge in [-0.1, -0.05) is 11.6 Å². The van der Waals surface area contributed by atoms with Crippen LogP contribution in [0, 0.1) is 5.41 Å². The molecule has 0 aliphatic carbocycles. The van der Waals surface area contributed by atoms with Gasteiger partial charge in [0.1, 0.15) is 5.82 Å². The van der Waals surface area contributed by atoms with E-state index in [9.17, 15) is 0 Å². The molecule has 0 aliphatic rings. The van der Waals surface area contributed by atoms with Crippen molar-refractivity contribution in [2.45, 2.75) is 6.42 Å². The van der Waals surface area contributed by atoms with E-state index >= 15 is 0 Å². The van der Waals surface area contributed by atoms with Crippen LogP contribution in [0.3, 0.4) is 0 Å². The number of amidine groups is 1. The molecule has 0 aliphatic heterocycles. The SMILES string of the molecule is CN(CCC(=N)N)c1ccc(Cl)cn1. The Balaban J connectivity index is 2.56. The largest absolute Gasteiger partial charge is 0.388 e. The standard InChI is InChI=1S/C9H13ClN4/c1-14(5-4-8(11)12)9-3-2-7(10)6-13-9/h2-3,6H,4-5H2,1H3,(H3,11,12). The van der Waals surface area contributed by atoms with Gasteiger partial charge < -0.3 is 10.6 Å². The summed E-state index contributed by atoms with van der Waals surface area (Å²) in [6.07, 6.45) is 2.14. The average Bonchev–Trinajstić information content (AvgIpc) is 2.15. The molecule has 0 spiro atoms. The topological polar surface area (TPSA) is 66.0 Å². The molecule has 1 heterocycles. The lowest BCUT2D eigenvalue weighted by molar-refractivity contribution is 0.890. The Kier molecular flexibility index (Phi) is 3.71. The molecule has 1 aromatic heterocycles. The zero-order chi connectivity index (χ0) is 10.6. The van der Waals surface area contributed by atoms with Crippen LogP contribution in [0.1, 0.15) is 6.42 Å². The minimum atomic E-state index is 0.186. The fourth-order valence-corrected chi connectivity index (χ4v) is 1.11. The summed E-state index contributed by atoms with van der Waals surface area (Å²) >= 11 is 5.71. The van der Waals surface area contributed by atoms with Crippen LogP contribution in [0.5, 0.6) is 0 Å². The van der Waals surface area contributed by atoms with Gasteiger partial charge in [0.05, 0.1) is 10.9 Å². The van der Waals surface area contributed by atoms with Crippen molar-refractivity contribution in [3.05, 3.63) is 23.4 Å². The molecule has 0 saturated carbocycles. The first-order chi connectivity index (χ1) is 6.59. The van der Waals surface area contributed by atoms with E-state index in [-0.39, 0.29) is 5.84 Å². The summed E-state index contributed by atoms with van der Waals surface area (Å²) in [7, 11) is 1.90. The van der Waals surface area contributed by atoms with Gasteiger partial charge in [-0.3, -0.25) is 5.41 Å². The molecule has 3 N–H and O–H groups in total. The van der Waals surface area contributed by atoms with Gasteiger partial charge in [0.2, 0.25) is 0 Å². The third kappa shape index (κ3) is 3.22. The second-order valence-corrected chi connectivity index (χ2v) is 3.47. The van der Waals surface area contributed by atoms with E-state index in [0.717, 1.165) is 5.82 Å². The van der Waals surface area contributed by atoms with Crippen molar-refractivity contribution in [3.63, 3.8) is 0 Å². The number of nitrogens with zero attached hydrogens (tertiary/aromatic N) is 2. The first kappa shape index (κ1) is 10.8. The first-order valence-electron chi connectivity index (χ1n) is 4.25. The smallest absolute Gasteiger partial charge is 0.128 e. The molecule has 1 rings (SSSR count). The predicted octanol–water partition coefficient (Wildman–Crippen LogP) is 1.50. The third-order valence-electron chi connectivity index (χ3n) is 1.82. The van der Waals surface area contributed by atoms with Crippen molar-refractivity contribution >= 4 is 23.3 Å². The number of aromatic nitrogens is 1. The van der Waals surface area contributed by atoms with Gasteiger partial charge in [-0.15, -0.1) is 0 Å². The summed E-state index contributed by atoms with van der Waals surface area (Å²) < 4.78 is 0. The third-order valence-corrected chi connectivity index (χ3v) is 2.04. The minimum Gasteiger partial charge on any atom is -0.388 e. The molecule has 0 atom stereocenters. The Morgan fingerprint density at radius 2 is 2.36 bits per heavy atom. The summed E-state index contributed by atoms with van der Waals surface area (Å²) in [5.74, 6) is 1.02. The quantitative estimate of drug-likeness (QED) is 0.587. The van der Waals surface area contributed by atoms with Crippen molar-refractivity contribution in [3.8, 4) is 0 Å². The van der Waals surface area contributed by atoms with Crippen molar-refractivity contribution in [2.75, 3.05) is 18.5 Å². The number of rotatable bonds is 4. The molecule has 0 bridgehead atoms. The highest BCUT2D eigenvalue weighted by molar-refractivity contribution is 6.30. The Morgan fingerprint density at radius 3 is 2.86 bits per heavy atom. The number of pyridine rings is 1. The van der Waals surface area contributed by atoms with E-state index in [4.69, 9.17) is 22.7 Å². The maximum atomic E-state index is 7.09. The number of nitrogens with two attached hydrogens (primary N) is 1. The van der Waals surface area contributed by atoms with Gasteiger partial charge >= 0.3 is 0 Å². The second-order valence-electron chi connectivity index (χ2n) is 3.03. The summed E-state index contributed by atoms with van der Waals surface area (Å²) in [6.45, 7) is 0.684.